The molecule has 0 fully saturated rings. The molecule has 1 aromatic carbocycles. The quantitative estimate of drug-likeness (QED) is 0.573. The Hall–Kier alpha value is -1.95. The Balaban J connectivity index is 2.21. The molecular formula is C19H29N5S. The molecule has 1 N–H and O–H groups in total. The summed E-state index contributed by atoms with van der Waals surface area (Å²) in [6.07, 6.45) is 4.13. The van der Waals surface area contributed by atoms with Crippen molar-refractivity contribution in [3.63, 3.8) is 0 Å². The van der Waals surface area contributed by atoms with Gasteiger partial charge in [0.2, 0.25) is 4.77 Å². The molecule has 5 nitrogen and oxygen atoms in total. The highest BCUT2D eigenvalue weighted by Gasteiger charge is 2.21. The fourth-order valence-corrected chi connectivity index (χ4v) is 2.87. The fraction of sp³-hybridized carbons (Fsp3) is 0.526. The molecule has 2 aromatic rings. The topological polar surface area (TPSA) is 49.2 Å². The van der Waals surface area contributed by atoms with Crippen molar-refractivity contribution in [2.24, 2.45) is 5.10 Å². The van der Waals surface area contributed by atoms with E-state index in [1.807, 2.05) is 6.21 Å². The van der Waals surface area contributed by atoms with Gasteiger partial charge < -0.3 is 4.90 Å². The van der Waals surface area contributed by atoms with Crippen molar-refractivity contribution >= 4 is 24.1 Å². The van der Waals surface area contributed by atoms with Gasteiger partial charge in [-0.25, -0.2) is 0 Å². The van der Waals surface area contributed by atoms with Gasteiger partial charge in [0, 0.05) is 24.2 Å². The smallest absolute Gasteiger partial charge is 0.216 e. The molecule has 1 heterocycles. The predicted molar refractivity (Wildman–Crippen MR) is 108 cm³/mol. The van der Waals surface area contributed by atoms with Crippen LogP contribution in [0, 0.1) is 4.77 Å². The first kappa shape index (κ1) is 19.4. The number of nitrogens with one attached hydrogen (secondary N) is 1. The van der Waals surface area contributed by atoms with Gasteiger partial charge in [0.1, 0.15) is 0 Å². The normalized spacial score (nSPS) is 12.0. The van der Waals surface area contributed by atoms with Crippen LogP contribution in [0.2, 0.25) is 0 Å². The van der Waals surface area contributed by atoms with Gasteiger partial charge in [0.25, 0.3) is 0 Å². The number of aromatic amines is 1. The first-order valence-corrected chi connectivity index (χ1v) is 9.35. The highest BCUT2D eigenvalue weighted by atomic mass is 32.1. The molecule has 0 atom stereocenters. The lowest BCUT2D eigenvalue weighted by molar-refractivity contribution is 0.516. The molecule has 0 bridgehead atoms. The summed E-state index contributed by atoms with van der Waals surface area (Å²) in [5, 5.41) is 11.7. The Morgan fingerprint density at radius 2 is 1.76 bits per heavy atom. The molecule has 0 amide bonds. The Morgan fingerprint density at radius 3 is 2.28 bits per heavy atom. The molecule has 25 heavy (non-hydrogen) atoms. The highest BCUT2D eigenvalue weighted by molar-refractivity contribution is 7.71. The summed E-state index contributed by atoms with van der Waals surface area (Å²) < 4.78 is 2.21. The number of hydrogen-bond donors (Lipinski definition) is 1. The first-order chi connectivity index (χ1) is 11.9. The molecule has 0 saturated heterocycles. The maximum absolute atomic E-state index is 5.29. The third-order valence-electron chi connectivity index (χ3n) is 3.89. The van der Waals surface area contributed by atoms with Crippen molar-refractivity contribution in [2.75, 3.05) is 18.0 Å². The molecule has 2 rings (SSSR count). The largest absolute Gasteiger partial charge is 0.372 e. The van der Waals surface area contributed by atoms with Crippen LogP contribution < -0.4 is 4.90 Å². The monoisotopic (exact) mass is 359 g/mol. The lowest BCUT2D eigenvalue weighted by atomic mass is 9.96. The minimum Gasteiger partial charge on any atom is -0.372 e. The third-order valence-corrected chi connectivity index (χ3v) is 4.15. The van der Waals surface area contributed by atoms with Crippen molar-refractivity contribution in [3.05, 3.63) is 40.4 Å². The SMILES string of the molecule is CCCN(CCC)c1ccc(/C=N\n2c(C(C)(C)C)n[nH]c2=S)cc1. The van der Waals surface area contributed by atoms with Gasteiger partial charge in [0.15, 0.2) is 5.82 Å². The van der Waals surface area contributed by atoms with Gasteiger partial charge >= 0.3 is 0 Å². The van der Waals surface area contributed by atoms with Gasteiger partial charge in [-0.3, -0.25) is 5.10 Å². The van der Waals surface area contributed by atoms with Gasteiger partial charge in [0.05, 0.1) is 6.21 Å². The fourth-order valence-electron chi connectivity index (χ4n) is 2.69. The molecule has 136 valence electrons. The summed E-state index contributed by atoms with van der Waals surface area (Å²) in [7, 11) is 0. The first-order valence-electron chi connectivity index (χ1n) is 8.94. The Labute approximate surface area is 155 Å². The summed E-state index contributed by atoms with van der Waals surface area (Å²) in [6, 6.07) is 8.51. The average Bonchev–Trinajstić information content (AvgIpc) is 2.94. The van der Waals surface area contributed by atoms with E-state index < -0.39 is 0 Å². The van der Waals surface area contributed by atoms with E-state index >= 15 is 0 Å². The lowest BCUT2D eigenvalue weighted by Gasteiger charge is -2.23. The molecule has 0 saturated carbocycles. The zero-order valence-corrected chi connectivity index (χ0v) is 16.7. The lowest BCUT2D eigenvalue weighted by Crippen LogP contribution is -2.24. The number of benzene rings is 1. The number of rotatable bonds is 7. The van der Waals surface area contributed by atoms with Crippen molar-refractivity contribution in [1.29, 1.82) is 0 Å². The molecule has 0 aliphatic heterocycles. The van der Waals surface area contributed by atoms with E-state index in [1.165, 1.54) is 5.69 Å². The minimum atomic E-state index is -0.129. The molecule has 6 heteroatoms. The Bertz CT molecular complexity index is 743. The van der Waals surface area contributed by atoms with Gasteiger partial charge in [-0.05, 0) is 42.8 Å². The summed E-state index contributed by atoms with van der Waals surface area (Å²) in [5.74, 6) is 0.822. The van der Waals surface area contributed by atoms with Crippen LogP contribution in [0.5, 0.6) is 0 Å². The van der Waals surface area contributed by atoms with E-state index in [1.54, 1.807) is 4.68 Å². The minimum absolute atomic E-state index is 0.129. The van der Waals surface area contributed by atoms with Crippen LogP contribution in [0.4, 0.5) is 5.69 Å². The van der Waals surface area contributed by atoms with Crippen molar-refractivity contribution in [1.82, 2.24) is 14.9 Å². The molecule has 0 aliphatic carbocycles. The average molecular weight is 360 g/mol. The Kier molecular flexibility index (Phi) is 6.53. The molecule has 0 unspecified atom stereocenters. The van der Waals surface area contributed by atoms with E-state index in [0.717, 1.165) is 37.3 Å². The van der Waals surface area contributed by atoms with Crippen LogP contribution in [-0.2, 0) is 5.41 Å². The van der Waals surface area contributed by atoms with E-state index in [0.29, 0.717) is 4.77 Å². The van der Waals surface area contributed by atoms with Crippen LogP contribution in [-0.4, -0.2) is 34.2 Å². The van der Waals surface area contributed by atoms with Crippen molar-refractivity contribution in [3.8, 4) is 0 Å². The van der Waals surface area contributed by atoms with Crippen LogP contribution in [0.1, 0.15) is 58.8 Å². The summed E-state index contributed by atoms with van der Waals surface area (Å²) in [5.41, 5.74) is 2.17. The van der Waals surface area contributed by atoms with Crippen molar-refractivity contribution in [2.45, 2.75) is 52.9 Å². The number of aromatic nitrogens is 3. The van der Waals surface area contributed by atoms with Crippen LogP contribution >= 0.6 is 12.2 Å². The third kappa shape index (κ3) is 5.01. The summed E-state index contributed by atoms with van der Waals surface area (Å²) in [4.78, 5) is 2.42. The zero-order chi connectivity index (χ0) is 18.4. The second-order valence-corrected chi connectivity index (χ2v) is 7.62. The molecule has 1 aromatic heterocycles. The van der Waals surface area contributed by atoms with Gasteiger partial charge in [-0.1, -0.05) is 46.8 Å². The number of anilines is 1. The number of H-pyrrole nitrogens is 1. The number of nitrogens with zero attached hydrogens (tertiary/aromatic N) is 4. The molecule has 0 spiro atoms. The summed E-state index contributed by atoms with van der Waals surface area (Å²) >= 11 is 5.29. The maximum Gasteiger partial charge on any atom is 0.216 e. The highest BCUT2D eigenvalue weighted by Crippen LogP contribution is 2.20. The number of hydrogen-bond acceptors (Lipinski definition) is 4. The second-order valence-electron chi connectivity index (χ2n) is 7.24. The van der Waals surface area contributed by atoms with Crippen molar-refractivity contribution < 1.29 is 0 Å². The predicted octanol–water partition coefficient (Wildman–Crippen LogP) is 4.75. The summed E-state index contributed by atoms with van der Waals surface area (Å²) in [6.45, 7) is 12.9. The molecular weight excluding hydrogens is 330 g/mol. The van der Waals surface area contributed by atoms with Crippen LogP contribution in [0.3, 0.4) is 0 Å². The molecule has 0 radical (unpaired) electrons. The van der Waals surface area contributed by atoms with Crippen LogP contribution in [0.25, 0.3) is 0 Å². The Morgan fingerprint density at radius 1 is 1.16 bits per heavy atom. The van der Waals surface area contributed by atoms with E-state index in [4.69, 9.17) is 12.2 Å². The zero-order valence-electron chi connectivity index (χ0n) is 15.9. The molecule has 0 aliphatic rings. The van der Waals surface area contributed by atoms with E-state index in [9.17, 15) is 0 Å². The van der Waals surface area contributed by atoms with Gasteiger partial charge in [-0.2, -0.15) is 14.9 Å². The van der Waals surface area contributed by atoms with Gasteiger partial charge in [-0.15, -0.1) is 0 Å². The standard InChI is InChI=1S/C19H29N5S/c1-6-12-23(13-7-2)16-10-8-15(9-11-16)14-20-24-17(19(3,4)5)21-22-18(24)25/h8-11,14H,6-7,12-13H2,1-5H3,(H,22,25)/b20-14-. The van der Waals surface area contributed by atoms with E-state index in [2.05, 4.69) is 79.1 Å². The maximum atomic E-state index is 5.29. The van der Waals surface area contributed by atoms with Crippen LogP contribution in [0.15, 0.2) is 29.4 Å². The second kappa shape index (κ2) is 8.43. The van der Waals surface area contributed by atoms with E-state index in [-0.39, 0.29) is 5.41 Å².